The Balaban J connectivity index is 2.38. The highest BCUT2D eigenvalue weighted by atomic mass is 16.5. The molecule has 0 aliphatic carbocycles. The molecule has 0 spiro atoms. The molecule has 8 nitrogen and oxygen atoms in total. The standard InChI is InChI=1S/C12H19N3O5/c1-2-7(13)6-4-15(12(19)14-11(6)18)10-3-8(17)9(5-16)20-10/h4,7-10,16-17H,2-3,5,13H2,1H3,(H,14,18,19)/t7?,8-,9+,10+/m0/s1. The molecule has 0 aromatic carbocycles. The number of aromatic nitrogens is 2. The number of aliphatic hydroxyl groups is 2. The molecule has 1 aromatic heterocycles. The van der Waals surface area contributed by atoms with Gasteiger partial charge >= 0.3 is 5.69 Å². The number of aliphatic hydroxyl groups excluding tert-OH is 2. The van der Waals surface area contributed by atoms with Gasteiger partial charge in [-0.05, 0) is 6.42 Å². The van der Waals surface area contributed by atoms with E-state index in [0.717, 1.165) is 0 Å². The third-order valence-electron chi connectivity index (χ3n) is 3.53. The summed E-state index contributed by atoms with van der Waals surface area (Å²) in [6, 6.07) is -0.481. The Morgan fingerprint density at radius 3 is 2.85 bits per heavy atom. The number of ether oxygens (including phenoxy) is 1. The summed E-state index contributed by atoms with van der Waals surface area (Å²) < 4.78 is 6.60. The monoisotopic (exact) mass is 285 g/mol. The minimum absolute atomic E-state index is 0.165. The van der Waals surface area contributed by atoms with Crippen molar-refractivity contribution in [2.45, 2.75) is 44.2 Å². The van der Waals surface area contributed by atoms with E-state index in [9.17, 15) is 14.7 Å². The molecule has 1 saturated heterocycles. The quantitative estimate of drug-likeness (QED) is 0.537. The Bertz CT molecular complexity index is 581. The summed E-state index contributed by atoms with van der Waals surface area (Å²) in [6.07, 6.45) is -0.234. The molecule has 0 saturated carbocycles. The molecular weight excluding hydrogens is 266 g/mol. The Morgan fingerprint density at radius 2 is 2.30 bits per heavy atom. The van der Waals surface area contributed by atoms with Crippen molar-refractivity contribution in [3.05, 3.63) is 32.6 Å². The van der Waals surface area contributed by atoms with Gasteiger partial charge in [0.1, 0.15) is 12.3 Å². The summed E-state index contributed by atoms with van der Waals surface area (Å²) in [7, 11) is 0. The Kier molecular flexibility index (Phi) is 4.39. The van der Waals surface area contributed by atoms with Gasteiger partial charge in [0.15, 0.2) is 0 Å². The molecular formula is C12H19N3O5. The second kappa shape index (κ2) is 5.88. The highest BCUT2D eigenvalue weighted by Crippen LogP contribution is 2.27. The fourth-order valence-electron chi connectivity index (χ4n) is 2.25. The van der Waals surface area contributed by atoms with Crippen LogP contribution in [0.3, 0.4) is 0 Å². The van der Waals surface area contributed by atoms with Crippen LogP contribution >= 0.6 is 0 Å². The molecule has 20 heavy (non-hydrogen) atoms. The van der Waals surface area contributed by atoms with Crippen LogP contribution in [0.4, 0.5) is 0 Å². The second-order valence-electron chi connectivity index (χ2n) is 4.88. The highest BCUT2D eigenvalue weighted by molar-refractivity contribution is 5.10. The first-order chi connectivity index (χ1) is 9.47. The number of hydrogen-bond acceptors (Lipinski definition) is 6. The van der Waals surface area contributed by atoms with E-state index in [0.29, 0.717) is 6.42 Å². The van der Waals surface area contributed by atoms with Crippen LogP contribution in [0.25, 0.3) is 0 Å². The van der Waals surface area contributed by atoms with Crippen molar-refractivity contribution in [3.63, 3.8) is 0 Å². The molecule has 8 heteroatoms. The van der Waals surface area contributed by atoms with Gasteiger partial charge in [-0.1, -0.05) is 6.92 Å². The summed E-state index contributed by atoms with van der Waals surface area (Å²) in [6.45, 7) is 1.49. The third kappa shape index (κ3) is 2.68. The summed E-state index contributed by atoms with van der Waals surface area (Å²) in [5.74, 6) is 0. The van der Waals surface area contributed by atoms with Crippen molar-refractivity contribution in [1.29, 1.82) is 0 Å². The highest BCUT2D eigenvalue weighted by Gasteiger charge is 2.35. The average molecular weight is 285 g/mol. The molecule has 0 radical (unpaired) electrons. The van der Waals surface area contributed by atoms with E-state index in [1.54, 1.807) is 0 Å². The summed E-state index contributed by atoms with van der Waals surface area (Å²) in [4.78, 5) is 25.7. The van der Waals surface area contributed by atoms with Crippen LogP contribution < -0.4 is 17.0 Å². The van der Waals surface area contributed by atoms with E-state index in [-0.39, 0.29) is 18.6 Å². The van der Waals surface area contributed by atoms with Gasteiger partial charge in [-0.25, -0.2) is 4.79 Å². The van der Waals surface area contributed by atoms with E-state index in [4.69, 9.17) is 15.6 Å². The van der Waals surface area contributed by atoms with Crippen LogP contribution in [0.5, 0.6) is 0 Å². The van der Waals surface area contributed by atoms with E-state index in [1.807, 2.05) is 6.92 Å². The van der Waals surface area contributed by atoms with Crippen LogP contribution in [-0.2, 0) is 4.74 Å². The van der Waals surface area contributed by atoms with Crippen LogP contribution in [0.2, 0.25) is 0 Å². The van der Waals surface area contributed by atoms with Gasteiger partial charge in [0.05, 0.1) is 18.3 Å². The Morgan fingerprint density at radius 1 is 1.60 bits per heavy atom. The van der Waals surface area contributed by atoms with Crippen molar-refractivity contribution in [3.8, 4) is 0 Å². The van der Waals surface area contributed by atoms with Crippen LogP contribution in [0.1, 0.15) is 37.6 Å². The van der Waals surface area contributed by atoms with Crippen LogP contribution in [0.15, 0.2) is 15.8 Å². The van der Waals surface area contributed by atoms with Crippen molar-refractivity contribution in [1.82, 2.24) is 9.55 Å². The Hall–Kier alpha value is -1.48. The predicted octanol–water partition coefficient (Wildman–Crippen LogP) is -1.41. The maximum atomic E-state index is 11.8. The minimum Gasteiger partial charge on any atom is -0.394 e. The zero-order valence-corrected chi connectivity index (χ0v) is 11.2. The lowest BCUT2D eigenvalue weighted by Gasteiger charge is -2.16. The van der Waals surface area contributed by atoms with E-state index in [1.165, 1.54) is 10.8 Å². The van der Waals surface area contributed by atoms with Crippen LogP contribution in [0, 0.1) is 0 Å². The zero-order chi connectivity index (χ0) is 14.9. The lowest BCUT2D eigenvalue weighted by atomic mass is 10.1. The summed E-state index contributed by atoms with van der Waals surface area (Å²) >= 11 is 0. The summed E-state index contributed by atoms with van der Waals surface area (Å²) in [5.41, 5.74) is 4.97. The first-order valence-electron chi connectivity index (χ1n) is 6.53. The van der Waals surface area contributed by atoms with Crippen molar-refractivity contribution < 1.29 is 14.9 Å². The molecule has 0 bridgehead atoms. The van der Waals surface area contributed by atoms with Gasteiger partial charge in [0, 0.05) is 18.7 Å². The molecule has 1 unspecified atom stereocenters. The van der Waals surface area contributed by atoms with E-state index >= 15 is 0 Å². The normalized spacial score (nSPS) is 27.7. The number of rotatable bonds is 4. The second-order valence-corrected chi connectivity index (χ2v) is 4.88. The van der Waals surface area contributed by atoms with Gasteiger partial charge in [-0.2, -0.15) is 0 Å². The molecule has 1 aliphatic rings. The Labute approximate surface area is 114 Å². The van der Waals surface area contributed by atoms with Gasteiger partial charge in [0.2, 0.25) is 0 Å². The molecule has 0 amide bonds. The van der Waals surface area contributed by atoms with Gasteiger partial charge < -0.3 is 20.7 Å². The lowest BCUT2D eigenvalue weighted by molar-refractivity contribution is -0.0460. The third-order valence-corrected chi connectivity index (χ3v) is 3.53. The minimum atomic E-state index is -0.855. The van der Waals surface area contributed by atoms with Gasteiger partial charge in [-0.3, -0.25) is 14.3 Å². The van der Waals surface area contributed by atoms with Gasteiger partial charge in [0.25, 0.3) is 5.56 Å². The largest absolute Gasteiger partial charge is 0.394 e. The van der Waals surface area contributed by atoms with Crippen molar-refractivity contribution in [2.24, 2.45) is 5.73 Å². The molecule has 1 fully saturated rings. The van der Waals surface area contributed by atoms with E-state index < -0.39 is 35.7 Å². The molecule has 2 rings (SSSR count). The number of nitrogens with two attached hydrogens (primary N) is 1. The average Bonchev–Trinajstić information content (AvgIpc) is 2.79. The first kappa shape index (κ1) is 14.9. The molecule has 5 N–H and O–H groups in total. The van der Waals surface area contributed by atoms with Crippen LogP contribution in [-0.4, -0.2) is 38.6 Å². The fraction of sp³-hybridized carbons (Fsp3) is 0.667. The van der Waals surface area contributed by atoms with Crippen molar-refractivity contribution >= 4 is 0 Å². The maximum absolute atomic E-state index is 11.8. The fourth-order valence-corrected chi connectivity index (χ4v) is 2.25. The summed E-state index contributed by atoms with van der Waals surface area (Å²) in [5, 5.41) is 18.7. The van der Waals surface area contributed by atoms with Gasteiger partial charge in [-0.15, -0.1) is 0 Å². The SMILES string of the molecule is CCC(N)c1cn([C@H]2C[C@H](O)[C@@H](CO)O2)c(=O)[nH]c1=O. The predicted molar refractivity (Wildman–Crippen MR) is 70.2 cm³/mol. The topological polar surface area (TPSA) is 131 Å². The molecule has 2 heterocycles. The number of nitrogens with zero attached hydrogens (tertiary/aromatic N) is 1. The number of aromatic amines is 1. The van der Waals surface area contributed by atoms with Crippen molar-refractivity contribution in [2.75, 3.05) is 6.61 Å². The number of hydrogen-bond donors (Lipinski definition) is 4. The van der Waals surface area contributed by atoms with E-state index in [2.05, 4.69) is 4.98 Å². The molecule has 4 atom stereocenters. The smallest absolute Gasteiger partial charge is 0.330 e. The first-order valence-corrected chi connectivity index (χ1v) is 6.53. The zero-order valence-electron chi connectivity index (χ0n) is 11.2. The molecule has 112 valence electrons. The lowest BCUT2D eigenvalue weighted by Crippen LogP contribution is -2.36. The number of H-pyrrole nitrogens is 1. The number of nitrogens with one attached hydrogen (secondary N) is 1. The maximum Gasteiger partial charge on any atom is 0.330 e. The molecule has 1 aromatic rings. The molecule has 1 aliphatic heterocycles.